The molecule has 0 saturated carbocycles. The summed E-state index contributed by atoms with van der Waals surface area (Å²) in [5, 5.41) is 4.93. The lowest BCUT2D eigenvalue weighted by Crippen LogP contribution is -2.60. The Morgan fingerprint density at radius 3 is 1.45 bits per heavy atom. The molecule has 0 aromatic rings. The molecule has 13 heteroatoms. The van der Waals surface area contributed by atoms with E-state index in [1.54, 1.807) is 0 Å². The molecule has 116 valence electrons. The summed E-state index contributed by atoms with van der Waals surface area (Å²) in [6.07, 6.45) is -22.7. The van der Waals surface area contributed by atoms with Crippen molar-refractivity contribution in [3.8, 4) is 6.07 Å². The Hall–Kier alpha value is -1.22. The minimum absolute atomic E-state index is 0.533. The van der Waals surface area contributed by atoms with Crippen LogP contribution in [-0.4, -0.2) is 24.1 Å². The molecule has 0 heterocycles. The van der Waals surface area contributed by atoms with Crippen molar-refractivity contribution in [3.05, 3.63) is 11.1 Å². The van der Waals surface area contributed by atoms with Crippen molar-refractivity contribution in [1.29, 1.82) is 5.26 Å². The molecule has 0 saturated heterocycles. The zero-order valence-electron chi connectivity index (χ0n) is 8.51. The van der Waals surface area contributed by atoms with Crippen LogP contribution in [0.1, 0.15) is 0 Å². The second kappa shape index (κ2) is 5.28. The lowest BCUT2D eigenvalue weighted by Gasteiger charge is -2.33. The molecular formula is C7ClF10NO. The molecule has 2 nitrogen and oxygen atoms in total. The first-order valence-corrected chi connectivity index (χ1v) is 4.34. The summed E-state index contributed by atoms with van der Waals surface area (Å²) >= 11 is 4.18. The van der Waals surface area contributed by atoms with Crippen LogP contribution in [-0.2, 0) is 4.74 Å². The monoisotopic (exact) mass is 339 g/mol. The van der Waals surface area contributed by atoms with Gasteiger partial charge in [0.05, 0.1) is 0 Å². The molecule has 0 rings (SSSR count). The van der Waals surface area contributed by atoms with Gasteiger partial charge in [0.2, 0.25) is 0 Å². The molecule has 0 N–H and O–H groups in total. The Labute approximate surface area is 108 Å². The van der Waals surface area contributed by atoms with Gasteiger partial charge in [-0.05, 0) is 0 Å². The summed E-state index contributed by atoms with van der Waals surface area (Å²) in [5.74, 6) is 0. The van der Waals surface area contributed by atoms with Crippen molar-refractivity contribution in [3.63, 3.8) is 0 Å². The normalized spacial score (nSPS) is 13.9. The lowest BCUT2D eigenvalue weighted by atomic mass is 10.1. The summed E-state index contributed by atoms with van der Waals surface area (Å²) in [7, 11) is 0. The first-order valence-electron chi connectivity index (χ1n) is 3.96. The molecule has 20 heavy (non-hydrogen) atoms. The number of nitrogens with zero attached hydrogens (tertiary/aromatic N) is 1. The molecule has 0 aliphatic rings. The van der Waals surface area contributed by atoms with E-state index >= 15 is 0 Å². The van der Waals surface area contributed by atoms with Crippen molar-refractivity contribution in [2.75, 3.05) is 0 Å². The van der Waals surface area contributed by atoms with Crippen molar-refractivity contribution in [2.24, 2.45) is 0 Å². The Morgan fingerprint density at radius 2 is 1.25 bits per heavy atom. The van der Waals surface area contributed by atoms with E-state index in [1.807, 2.05) is 0 Å². The number of halogens is 11. The van der Waals surface area contributed by atoms with Gasteiger partial charge in [-0.15, -0.1) is 0 Å². The van der Waals surface area contributed by atoms with Crippen molar-refractivity contribution < 1.29 is 48.6 Å². The van der Waals surface area contributed by atoms with Gasteiger partial charge in [0.1, 0.15) is 6.07 Å². The van der Waals surface area contributed by atoms with Gasteiger partial charge in [0.25, 0.3) is 6.08 Å². The fourth-order valence-corrected chi connectivity index (χ4v) is 0.812. The van der Waals surface area contributed by atoms with Gasteiger partial charge < -0.3 is 0 Å². The molecular weight excluding hydrogens is 340 g/mol. The summed E-state index contributed by atoms with van der Waals surface area (Å²) in [6, 6.07) is -0.533. The zero-order valence-corrected chi connectivity index (χ0v) is 9.27. The highest BCUT2D eigenvalue weighted by atomic mass is 35.5. The van der Waals surface area contributed by atoms with E-state index in [4.69, 9.17) is 5.26 Å². The molecule has 0 fully saturated rings. The average Bonchev–Trinajstić information content (AvgIpc) is 2.21. The largest absolute Gasteiger partial charge is 0.440 e. The first-order chi connectivity index (χ1) is 8.62. The van der Waals surface area contributed by atoms with Crippen LogP contribution >= 0.6 is 11.6 Å². The summed E-state index contributed by atoms with van der Waals surface area (Å²) in [6.45, 7) is 0. The smallest absolute Gasteiger partial charge is 0.276 e. The van der Waals surface area contributed by atoms with Crippen molar-refractivity contribution >= 4 is 11.6 Å². The molecule has 0 aromatic carbocycles. The predicted molar refractivity (Wildman–Crippen MR) is 41.6 cm³/mol. The highest BCUT2D eigenvalue weighted by molar-refractivity contribution is 6.30. The predicted octanol–water partition coefficient (Wildman–Crippen LogP) is 4.33. The van der Waals surface area contributed by atoms with E-state index in [1.165, 1.54) is 0 Å². The molecule has 0 unspecified atom stereocenters. The molecule has 0 aliphatic heterocycles. The number of hydrogen-bond acceptors (Lipinski definition) is 2. The minimum atomic E-state index is -6.69. The van der Waals surface area contributed by atoms with Crippen LogP contribution in [0.15, 0.2) is 11.1 Å². The van der Waals surface area contributed by atoms with Crippen LogP contribution in [0.25, 0.3) is 0 Å². The number of alkyl halides is 8. The van der Waals surface area contributed by atoms with E-state index in [-0.39, 0.29) is 0 Å². The number of rotatable bonds is 3. The van der Waals surface area contributed by atoms with Crippen molar-refractivity contribution in [1.82, 2.24) is 0 Å². The second-order valence-electron chi connectivity index (χ2n) is 2.98. The maximum Gasteiger partial charge on any atom is 0.440 e. The summed E-state index contributed by atoms with van der Waals surface area (Å²) in [4.78, 5) is 0. The van der Waals surface area contributed by atoms with Gasteiger partial charge in [-0.3, -0.25) is 4.74 Å². The lowest BCUT2D eigenvalue weighted by molar-refractivity contribution is -0.408. The van der Waals surface area contributed by atoms with Gasteiger partial charge in [-0.25, -0.2) is 0 Å². The van der Waals surface area contributed by atoms with Crippen LogP contribution in [0.4, 0.5) is 43.9 Å². The van der Waals surface area contributed by atoms with Crippen molar-refractivity contribution in [2.45, 2.75) is 24.1 Å². The average molecular weight is 340 g/mol. The third-order valence-corrected chi connectivity index (χ3v) is 2.02. The minimum Gasteiger partial charge on any atom is -0.276 e. The van der Waals surface area contributed by atoms with E-state index < -0.39 is 41.2 Å². The van der Waals surface area contributed by atoms with Crippen LogP contribution < -0.4 is 0 Å². The van der Waals surface area contributed by atoms with Gasteiger partial charge >= 0.3 is 24.1 Å². The first kappa shape index (κ1) is 18.8. The molecule has 0 aliphatic carbocycles. The Kier molecular flexibility index (Phi) is 4.96. The van der Waals surface area contributed by atoms with E-state index in [9.17, 15) is 43.9 Å². The zero-order chi connectivity index (χ0) is 16.6. The van der Waals surface area contributed by atoms with Crippen LogP contribution in [0, 0.1) is 11.3 Å². The van der Waals surface area contributed by atoms with Gasteiger partial charge in [0, 0.05) is 0 Å². The molecule has 0 aromatic heterocycles. The Bertz CT molecular complexity index is 426. The highest BCUT2D eigenvalue weighted by Gasteiger charge is 2.77. The number of nitriles is 1. The fourth-order valence-electron chi connectivity index (χ4n) is 0.773. The third kappa shape index (κ3) is 3.26. The van der Waals surface area contributed by atoms with E-state index in [0.29, 0.717) is 0 Å². The van der Waals surface area contributed by atoms with Crippen LogP contribution in [0.3, 0.4) is 0 Å². The van der Waals surface area contributed by atoms with Gasteiger partial charge in [-0.2, -0.15) is 49.2 Å². The fraction of sp³-hybridized carbons (Fsp3) is 0.571. The van der Waals surface area contributed by atoms with E-state index in [2.05, 4.69) is 16.3 Å². The second-order valence-corrected chi connectivity index (χ2v) is 3.36. The van der Waals surface area contributed by atoms with Crippen LogP contribution in [0.5, 0.6) is 0 Å². The molecule has 0 radical (unpaired) electrons. The summed E-state index contributed by atoms with van der Waals surface area (Å²) in [5.41, 5.74) is -6.03. The molecule has 0 atom stereocenters. The molecule has 0 amide bonds. The van der Waals surface area contributed by atoms with Gasteiger partial charge in [0.15, 0.2) is 5.03 Å². The number of hydrogen-bond donors (Lipinski definition) is 0. The van der Waals surface area contributed by atoms with Gasteiger partial charge in [-0.1, -0.05) is 11.6 Å². The number of ether oxygens (including phenoxy) is 1. The SMILES string of the molecule is N#CC(OC(F)(F)C(Cl)=C(F)F)(C(F)(F)F)C(F)(F)F. The maximum absolute atomic E-state index is 12.8. The van der Waals surface area contributed by atoms with Crippen LogP contribution in [0.2, 0.25) is 0 Å². The molecule has 0 bridgehead atoms. The highest BCUT2D eigenvalue weighted by Crippen LogP contribution is 2.50. The Balaban J connectivity index is 6.02. The summed E-state index contributed by atoms with van der Waals surface area (Å²) < 4.78 is 125. The third-order valence-electron chi connectivity index (χ3n) is 1.66. The molecule has 0 spiro atoms. The maximum atomic E-state index is 12.8. The Morgan fingerprint density at radius 1 is 0.900 bits per heavy atom. The van der Waals surface area contributed by atoms with E-state index in [0.717, 1.165) is 0 Å². The topological polar surface area (TPSA) is 33.0 Å². The quantitative estimate of drug-likeness (QED) is 0.717. The standard InChI is InChI=1S/C7ClF10NO/c8-2(3(9)10)5(11,12)20-4(1-19,6(13,14)15)7(16,17)18.